The monoisotopic (exact) mass is 497 g/mol. The molecular formula is C29H27N3OS2. The molecule has 2 aromatic heterocycles. The molecule has 0 aliphatic heterocycles. The summed E-state index contributed by atoms with van der Waals surface area (Å²) in [6.45, 7) is 8.24. The van der Waals surface area contributed by atoms with Crippen LogP contribution in [-0.4, -0.2) is 15.9 Å². The Morgan fingerprint density at radius 2 is 1.69 bits per heavy atom. The first-order valence-corrected chi connectivity index (χ1v) is 13.3. The first-order chi connectivity index (χ1) is 16.9. The summed E-state index contributed by atoms with van der Waals surface area (Å²) in [6, 6.07) is 21.2. The second-order valence-electron chi connectivity index (χ2n) is 8.88. The summed E-state index contributed by atoms with van der Waals surface area (Å²) < 4.78 is 0. The molecule has 0 spiro atoms. The molecule has 0 saturated carbocycles. The standard InChI is InChI=1S/C29H27N3OS2/c1-17-12-13-23(14-18(17)2)28-20(4)34-29(32-28)31-26(33)16-25-19(3)30-27(35-25)15-22-10-7-9-21-8-5-6-11-24(21)22/h5-14H,15-16H2,1-4H3,(H,31,32,33). The Hall–Kier alpha value is -3.35. The lowest BCUT2D eigenvalue weighted by Gasteiger charge is -2.04. The average molecular weight is 498 g/mol. The van der Waals surface area contributed by atoms with E-state index in [4.69, 9.17) is 9.97 Å². The Morgan fingerprint density at radius 1 is 0.886 bits per heavy atom. The summed E-state index contributed by atoms with van der Waals surface area (Å²) in [6.07, 6.45) is 1.07. The van der Waals surface area contributed by atoms with Gasteiger partial charge >= 0.3 is 0 Å². The normalized spacial score (nSPS) is 11.2. The molecule has 5 aromatic rings. The first-order valence-electron chi connectivity index (χ1n) is 11.6. The third-order valence-electron chi connectivity index (χ3n) is 6.30. The number of amides is 1. The molecule has 4 nitrogen and oxygen atoms in total. The molecule has 5 rings (SSSR count). The van der Waals surface area contributed by atoms with Gasteiger partial charge in [0.2, 0.25) is 5.91 Å². The maximum Gasteiger partial charge on any atom is 0.231 e. The van der Waals surface area contributed by atoms with Gasteiger partial charge in [0.1, 0.15) is 0 Å². The van der Waals surface area contributed by atoms with Gasteiger partial charge in [0.05, 0.1) is 22.8 Å². The number of nitrogens with one attached hydrogen (secondary N) is 1. The van der Waals surface area contributed by atoms with Crippen LogP contribution in [0.5, 0.6) is 0 Å². The molecule has 0 saturated heterocycles. The molecule has 0 unspecified atom stereocenters. The summed E-state index contributed by atoms with van der Waals surface area (Å²) in [4.78, 5) is 24.5. The highest BCUT2D eigenvalue weighted by molar-refractivity contribution is 7.16. The number of carbonyl (C=O) groups excluding carboxylic acids is 1. The molecule has 1 N–H and O–H groups in total. The number of hydrogen-bond acceptors (Lipinski definition) is 5. The van der Waals surface area contributed by atoms with Gasteiger partial charge in [-0.25, -0.2) is 9.97 Å². The Morgan fingerprint density at radius 3 is 2.51 bits per heavy atom. The molecule has 6 heteroatoms. The average Bonchev–Trinajstić information content (AvgIpc) is 3.36. The SMILES string of the molecule is Cc1ccc(-c2nc(NC(=O)Cc3sc(Cc4cccc5ccccc45)nc3C)sc2C)cc1C. The van der Waals surface area contributed by atoms with Crippen molar-refractivity contribution in [1.29, 1.82) is 0 Å². The van der Waals surface area contributed by atoms with Gasteiger partial charge in [-0.3, -0.25) is 4.79 Å². The molecule has 35 heavy (non-hydrogen) atoms. The predicted molar refractivity (Wildman–Crippen MR) is 148 cm³/mol. The van der Waals surface area contributed by atoms with Gasteiger partial charge in [-0.1, -0.05) is 54.6 Å². The third-order valence-corrected chi connectivity index (χ3v) is 8.35. The minimum atomic E-state index is -0.0613. The highest BCUT2D eigenvalue weighted by Gasteiger charge is 2.16. The van der Waals surface area contributed by atoms with Gasteiger partial charge in [0.25, 0.3) is 0 Å². The second kappa shape index (κ2) is 9.72. The summed E-state index contributed by atoms with van der Waals surface area (Å²) in [5.74, 6) is -0.0613. The molecule has 1 amide bonds. The molecule has 176 valence electrons. The van der Waals surface area contributed by atoms with Gasteiger partial charge in [-0.2, -0.15) is 0 Å². The predicted octanol–water partition coefficient (Wildman–Crippen LogP) is 7.43. The number of aryl methyl sites for hydroxylation is 4. The number of carbonyl (C=O) groups is 1. The van der Waals surface area contributed by atoms with Crippen LogP contribution in [0.3, 0.4) is 0 Å². The number of benzene rings is 3. The first kappa shape index (κ1) is 23.4. The minimum absolute atomic E-state index is 0.0613. The molecule has 0 bridgehead atoms. The number of rotatable bonds is 6. The van der Waals surface area contributed by atoms with Gasteiger partial charge in [-0.05, 0) is 61.2 Å². The van der Waals surface area contributed by atoms with Crippen LogP contribution in [0.25, 0.3) is 22.0 Å². The summed E-state index contributed by atoms with van der Waals surface area (Å²) in [7, 11) is 0. The van der Waals surface area contributed by atoms with Crippen LogP contribution >= 0.6 is 22.7 Å². The lowest BCUT2D eigenvalue weighted by atomic mass is 10.0. The van der Waals surface area contributed by atoms with Gasteiger partial charge in [-0.15, -0.1) is 22.7 Å². The summed E-state index contributed by atoms with van der Waals surface area (Å²) in [5.41, 5.74) is 6.69. The van der Waals surface area contributed by atoms with Gasteiger partial charge in [0.15, 0.2) is 5.13 Å². The van der Waals surface area contributed by atoms with E-state index in [9.17, 15) is 4.79 Å². The van der Waals surface area contributed by atoms with Crippen molar-refractivity contribution in [3.8, 4) is 11.3 Å². The van der Waals surface area contributed by atoms with Crippen molar-refractivity contribution >= 4 is 44.5 Å². The fourth-order valence-corrected chi connectivity index (χ4v) is 6.20. The topological polar surface area (TPSA) is 54.9 Å². The molecule has 3 aromatic carbocycles. The van der Waals surface area contributed by atoms with E-state index in [0.717, 1.165) is 38.1 Å². The van der Waals surface area contributed by atoms with E-state index in [1.807, 2.05) is 13.8 Å². The van der Waals surface area contributed by atoms with E-state index in [0.29, 0.717) is 11.6 Å². The van der Waals surface area contributed by atoms with Crippen molar-refractivity contribution in [2.45, 2.75) is 40.5 Å². The van der Waals surface area contributed by atoms with Crippen molar-refractivity contribution in [3.63, 3.8) is 0 Å². The number of anilines is 1. The van der Waals surface area contributed by atoms with Crippen LogP contribution in [0.1, 0.15) is 37.1 Å². The zero-order valence-electron chi connectivity index (χ0n) is 20.3. The van der Waals surface area contributed by atoms with Crippen molar-refractivity contribution in [2.75, 3.05) is 5.32 Å². The van der Waals surface area contributed by atoms with E-state index in [-0.39, 0.29) is 5.91 Å². The minimum Gasteiger partial charge on any atom is -0.302 e. The number of nitrogens with zero attached hydrogens (tertiary/aromatic N) is 2. The Labute approximate surface area is 213 Å². The van der Waals surface area contributed by atoms with Gasteiger partial charge < -0.3 is 5.32 Å². The smallest absolute Gasteiger partial charge is 0.231 e. The molecule has 0 aliphatic rings. The molecular weight excluding hydrogens is 470 g/mol. The van der Waals surface area contributed by atoms with Crippen molar-refractivity contribution in [2.24, 2.45) is 0 Å². The fourth-order valence-electron chi connectivity index (χ4n) is 4.25. The third kappa shape index (κ3) is 5.04. The summed E-state index contributed by atoms with van der Waals surface area (Å²) >= 11 is 3.14. The van der Waals surface area contributed by atoms with Crippen LogP contribution in [0.2, 0.25) is 0 Å². The molecule has 0 fully saturated rings. The summed E-state index contributed by atoms with van der Waals surface area (Å²) in [5, 5.41) is 7.16. The lowest BCUT2D eigenvalue weighted by molar-refractivity contribution is -0.115. The van der Waals surface area contributed by atoms with Crippen molar-refractivity contribution in [1.82, 2.24) is 9.97 Å². The van der Waals surface area contributed by atoms with Crippen LogP contribution in [0.4, 0.5) is 5.13 Å². The highest BCUT2D eigenvalue weighted by atomic mass is 32.1. The van der Waals surface area contributed by atoms with E-state index in [1.54, 1.807) is 11.3 Å². The van der Waals surface area contributed by atoms with Crippen LogP contribution in [-0.2, 0) is 17.6 Å². The Balaban J connectivity index is 1.29. The quantitative estimate of drug-likeness (QED) is 0.265. The Kier molecular flexibility index (Phi) is 6.50. The fraction of sp³-hybridized carbons (Fsp3) is 0.207. The van der Waals surface area contributed by atoms with Crippen LogP contribution in [0.15, 0.2) is 60.7 Å². The zero-order chi connectivity index (χ0) is 24.5. The van der Waals surface area contributed by atoms with E-state index in [1.165, 1.54) is 38.8 Å². The van der Waals surface area contributed by atoms with Gasteiger partial charge in [0, 0.05) is 21.7 Å². The highest BCUT2D eigenvalue weighted by Crippen LogP contribution is 2.32. The van der Waals surface area contributed by atoms with Crippen molar-refractivity contribution < 1.29 is 4.79 Å². The molecule has 0 radical (unpaired) electrons. The Bertz CT molecular complexity index is 1540. The van der Waals surface area contributed by atoms with Crippen LogP contribution < -0.4 is 5.32 Å². The maximum atomic E-state index is 12.9. The number of aromatic nitrogens is 2. The second-order valence-corrected chi connectivity index (χ2v) is 11.3. The number of hydrogen-bond donors (Lipinski definition) is 1. The van der Waals surface area contributed by atoms with E-state index in [2.05, 4.69) is 79.8 Å². The largest absolute Gasteiger partial charge is 0.302 e. The molecule has 0 aliphatic carbocycles. The maximum absolute atomic E-state index is 12.9. The van der Waals surface area contributed by atoms with E-state index < -0.39 is 0 Å². The molecule has 0 atom stereocenters. The zero-order valence-corrected chi connectivity index (χ0v) is 21.9. The van der Waals surface area contributed by atoms with E-state index >= 15 is 0 Å². The lowest BCUT2D eigenvalue weighted by Crippen LogP contribution is -2.14. The number of thiazole rings is 2. The van der Waals surface area contributed by atoms with Crippen LogP contribution in [0, 0.1) is 27.7 Å². The molecule has 2 heterocycles. The number of fused-ring (bicyclic) bond motifs is 1. The van der Waals surface area contributed by atoms with Crippen molar-refractivity contribution in [3.05, 3.63) is 97.8 Å².